The molecule has 0 radical (unpaired) electrons. The van der Waals surface area contributed by atoms with Gasteiger partial charge >= 0.3 is 0 Å². The Bertz CT molecular complexity index is 40.7. The molecule has 0 saturated heterocycles. The average molecular weight is 231 g/mol. The van der Waals surface area contributed by atoms with Crippen molar-refractivity contribution in [2.24, 2.45) is 5.73 Å². The van der Waals surface area contributed by atoms with Crippen LogP contribution in [-0.2, 0) is 0 Å². The zero-order valence-electron chi connectivity index (χ0n) is 4.03. The smallest absolute Gasteiger partial charge is 0.0276 e. The molecule has 1 nitrogen and oxygen atoms in total. The molecule has 44 valence electrons. The van der Waals surface area contributed by atoms with Crippen molar-refractivity contribution >= 4 is 31.9 Å². The first-order valence-corrected chi connectivity index (χ1v) is 4.25. The largest absolute Gasteiger partial charge is 0.329 e. The van der Waals surface area contributed by atoms with Crippen LogP contribution < -0.4 is 5.73 Å². The van der Waals surface area contributed by atoms with Gasteiger partial charge in [0, 0.05) is 16.7 Å². The monoisotopic (exact) mass is 229 g/mol. The van der Waals surface area contributed by atoms with Gasteiger partial charge in [-0.05, 0) is 6.42 Å². The summed E-state index contributed by atoms with van der Waals surface area (Å²) in [5.41, 5.74) is 5.29. The molecule has 7 heavy (non-hydrogen) atoms. The highest BCUT2D eigenvalue weighted by Crippen LogP contribution is 2.03. The van der Waals surface area contributed by atoms with Gasteiger partial charge in [0.05, 0.1) is 0 Å². The molecule has 0 saturated carbocycles. The molecule has 3 heteroatoms. The standard InChI is InChI=1S/C4H9Br2N/c5-2-1-4(6)3-7/h4H,1-3,7H2. The van der Waals surface area contributed by atoms with E-state index >= 15 is 0 Å². The predicted octanol–water partition coefficient (Wildman–Crippen LogP) is 1.49. The van der Waals surface area contributed by atoms with Gasteiger partial charge in [0.1, 0.15) is 0 Å². The van der Waals surface area contributed by atoms with E-state index in [0.717, 1.165) is 18.3 Å². The molecule has 1 atom stereocenters. The van der Waals surface area contributed by atoms with Gasteiger partial charge in [-0.25, -0.2) is 0 Å². The second kappa shape index (κ2) is 5.06. The fourth-order valence-electron chi connectivity index (χ4n) is 0.236. The van der Waals surface area contributed by atoms with Crippen LogP contribution in [0.1, 0.15) is 6.42 Å². The van der Waals surface area contributed by atoms with Crippen LogP contribution in [0.5, 0.6) is 0 Å². The van der Waals surface area contributed by atoms with Crippen molar-refractivity contribution in [2.45, 2.75) is 11.2 Å². The van der Waals surface area contributed by atoms with Crippen molar-refractivity contribution < 1.29 is 0 Å². The summed E-state index contributed by atoms with van der Waals surface area (Å²) >= 11 is 6.69. The third kappa shape index (κ3) is 4.78. The van der Waals surface area contributed by atoms with E-state index in [-0.39, 0.29) is 0 Å². The van der Waals surface area contributed by atoms with E-state index in [0.29, 0.717) is 4.83 Å². The van der Waals surface area contributed by atoms with Gasteiger partial charge in [-0.2, -0.15) is 0 Å². The summed E-state index contributed by atoms with van der Waals surface area (Å²) in [5, 5.41) is 1.03. The number of alkyl halides is 2. The molecule has 0 rings (SSSR count). The molecule has 0 aromatic rings. The zero-order chi connectivity index (χ0) is 5.70. The van der Waals surface area contributed by atoms with Crippen molar-refractivity contribution in [1.82, 2.24) is 0 Å². The lowest BCUT2D eigenvalue weighted by atomic mass is 10.3. The SMILES string of the molecule is NCC(Br)CCBr. The topological polar surface area (TPSA) is 26.0 Å². The van der Waals surface area contributed by atoms with E-state index < -0.39 is 0 Å². The summed E-state index contributed by atoms with van der Waals surface area (Å²) < 4.78 is 0. The lowest BCUT2D eigenvalue weighted by molar-refractivity contribution is 0.852. The van der Waals surface area contributed by atoms with E-state index in [1.165, 1.54) is 0 Å². The van der Waals surface area contributed by atoms with Gasteiger partial charge in [-0.1, -0.05) is 31.9 Å². The summed E-state index contributed by atoms with van der Waals surface area (Å²) in [6.07, 6.45) is 1.11. The number of hydrogen-bond acceptors (Lipinski definition) is 1. The first-order chi connectivity index (χ1) is 3.31. The molecule has 0 aliphatic carbocycles. The molecule has 0 heterocycles. The van der Waals surface area contributed by atoms with Crippen molar-refractivity contribution in [2.75, 3.05) is 11.9 Å². The first-order valence-electron chi connectivity index (χ1n) is 2.21. The van der Waals surface area contributed by atoms with Crippen LogP contribution in [0.25, 0.3) is 0 Å². The predicted molar refractivity (Wildman–Crippen MR) is 40.2 cm³/mol. The second-order valence-electron chi connectivity index (χ2n) is 1.31. The van der Waals surface area contributed by atoms with Crippen molar-refractivity contribution in [3.05, 3.63) is 0 Å². The molecule has 0 aromatic carbocycles. The van der Waals surface area contributed by atoms with Crippen LogP contribution in [0, 0.1) is 0 Å². The van der Waals surface area contributed by atoms with Gasteiger partial charge in [-0.15, -0.1) is 0 Å². The van der Waals surface area contributed by atoms with Crippen LogP contribution in [0.4, 0.5) is 0 Å². The second-order valence-corrected chi connectivity index (χ2v) is 3.40. The molecule has 0 aliphatic rings. The van der Waals surface area contributed by atoms with E-state index in [1.807, 2.05) is 0 Å². The molecule has 1 unspecified atom stereocenters. The molecule has 0 amide bonds. The summed E-state index contributed by atoms with van der Waals surface area (Å²) in [5.74, 6) is 0. The van der Waals surface area contributed by atoms with Crippen LogP contribution in [0.15, 0.2) is 0 Å². The Balaban J connectivity index is 2.83. The van der Waals surface area contributed by atoms with Gasteiger partial charge in [0.15, 0.2) is 0 Å². The lowest BCUT2D eigenvalue weighted by Gasteiger charge is -1.99. The fraction of sp³-hybridized carbons (Fsp3) is 1.00. The van der Waals surface area contributed by atoms with Gasteiger partial charge in [0.25, 0.3) is 0 Å². The van der Waals surface area contributed by atoms with Gasteiger partial charge < -0.3 is 5.73 Å². The quantitative estimate of drug-likeness (QED) is 0.731. The molecule has 0 aromatic heterocycles. The van der Waals surface area contributed by atoms with Crippen molar-refractivity contribution in [3.8, 4) is 0 Å². The van der Waals surface area contributed by atoms with Gasteiger partial charge in [0.2, 0.25) is 0 Å². The Morgan fingerprint density at radius 1 is 1.57 bits per heavy atom. The number of halogens is 2. The van der Waals surface area contributed by atoms with E-state index in [4.69, 9.17) is 5.73 Å². The maximum Gasteiger partial charge on any atom is 0.0276 e. The zero-order valence-corrected chi connectivity index (χ0v) is 7.20. The summed E-state index contributed by atoms with van der Waals surface area (Å²) in [7, 11) is 0. The normalized spacial score (nSPS) is 14.1. The maximum absolute atomic E-state index is 5.29. The minimum Gasteiger partial charge on any atom is -0.329 e. The Hall–Kier alpha value is 0.920. The molecule has 0 bridgehead atoms. The minimum absolute atomic E-state index is 0.492. The molecular weight excluding hydrogens is 222 g/mol. The van der Waals surface area contributed by atoms with Gasteiger partial charge in [-0.3, -0.25) is 0 Å². The molecule has 0 fully saturated rings. The highest BCUT2D eigenvalue weighted by atomic mass is 79.9. The van der Waals surface area contributed by atoms with Crippen molar-refractivity contribution in [1.29, 1.82) is 0 Å². The highest BCUT2D eigenvalue weighted by Gasteiger charge is 1.96. The Labute approximate surface area is 60.9 Å². The van der Waals surface area contributed by atoms with E-state index in [9.17, 15) is 0 Å². The van der Waals surface area contributed by atoms with Crippen LogP contribution >= 0.6 is 31.9 Å². The lowest BCUT2D eigenvalue weighted by Crippen LogP contribution is -2.13. The number of hydrogen-bond donors (Lipinski definition) is 1. The number of nitrogens with two attached hydrogens (primary N) is 1. The maximum atomic E-state index is 5.29. The Morgan fingerprint density at radius 2 is 2.14 bits per heavy atom. The highest BCUT2D eigenvalue weighted by molar-refractivity contribution is 9.10. The first kappa shape index (κ1) is 7.92. The summed E-state index contributed by atoms with van der Waals surface area (Å²) in [6, 6.07) is 0. The van der Waals surface area contributed by atoms with Crippen LogP contribution in [-0.4, -0.2) is 16.7 Å². The number of rotatable bonds is 3. The minimum atomic E-state index is 0.492. The Morgan fingerprint density at radius 3 is 2.29 bits per heavy atom. The molecular formula is C4H9Br2N. The van der Waals surface area contributed by atoms with Crippen molar-refractivity contribution in [3.63, 3.8) is 0 Å². The fourth-order valence-corrected chi connectivity index (χ4v) is 1.63. The molecule has 2 N–H and O–H groups in total. The molecule has 0 aliphatic heterocycles. The summed E-state index contributed by atoms with van der Waals surface area (Å²) in [6.45, 7) is 0.728. The van der Waals surface area contributed by atoms with E-state index in [2.05, 4.69) is 31.9 Å². The Kier molecular flexibility index (Phi) is 5.73. The van der Waals surface area contributed by atoms with Crippen LogP contribution in [0.2, 0.25) is 0 Å². The summed E-state index contributed by atoms with van der Waals surface area (Å²) in [4.78, 5) is 0.492. The molecule has 0 spiro atoms. The van der Waals surface area contributed by atoms with Crippen LogP contribution in [0.3, 0.4) is 0 Å². The van der Waals surface area contributed by atoms with E-state index in [1.54, 1.807) is 0 Å². The average Bonchev–Trinajstić information content (AvgIpc) is 1.68. The third-order valence-electron chi connectivity index (χ3n) is 0.678. The third-order valence-corrected chi connectivity index (χ3v) is 1.97.